The molecule has 0 saturated carbocycles. The van der Waals surface area contributed by atoms with Crippen molar-refractivity contribution < 1.29 is 14.2 Å². The first-order chi connectivity index (χ1) is 7.35. The summed E-state index contributed by atoms with van der Waals surface area (Å²) in [6.07, 6.45) is 8.61. The van der Waals surface area contributed by atoms with Crippen LogP contribution in [-0.4, -0.2) is 28.2 Å². The van der Waals surface area contributed by atoms with Gasteiger partial charge in [0.2, 0.25) is 0 Å². The summed E-state index contributed by atoms with van der Waals surface area (Å²) >= 11 is 0. The van der Waals surface area contributed by atoms with Crippen LogP contribution in [0.4, 0.5) is 0 Å². The van der Waals surface area contributed by atoms with Gasteiger partial charge in [-0.15, -0.1) is 0 Å². The molecule has 0 amide bonds. The second-order valence-corrected chi connectivity index (χ2v) is 2.59. The van der Waals surface area contributed by atoms with Crippen LogP contribution in [0.3, 0.4) is 0 Å². The average molecular weight is 223 g/mol. The summed E-state index contributed by atoms with van der Waals surface area (Å²) in [5.41, 5.74) is 0.902. The molecule has 0 aliphatic heterocycles. The fourth-order valence-electron chi connectivity index (χ4n) is 0.759. The summed E-state index contributed by atoms with van der Waals surface area (Å²) in [7, 11) is 0. The van der Waals surface area contributed by atoms with Crippen LogP contribution in [0.25, 0.3) is 0 Å². The van der Waals surface area contributed by atoms with Crippen LogP contribution >= 0.6 is 0 Å². The molecule has 0 heterocycles. The Morgan fingerprint density at radius 1 is 0.812 bits per heavy atom. The number of hydrogen-bond acceptors (Lipinski definition) is 3. The lowest BCUT2D eigenvalue weighted by Gasteiger charge is -1.98. The van der Waals surface area contributed by atoms with Crippen LogP contribution in [0.1, 0.15) is 20.8 Å². The molecule has 89 valence electrons. The first-order valence-electron chi connectivity index (χ1n) is 5.23. The number of hydrogen-bond donors (Lipinski definition) is 0. The average Bonchev–Trinajstić information content (AvgIpc) is 2.25. The SMILES string of the molecule is CCOC=CC(C=COCC)=COCC.[B]. The monoisotopic (exact) mass is 223 g/mol. The molecule has 3 nitrogen and oxygen atoms in total. The highest BCUT2D eigenvalue weighted by atomic mass is 16.5. The Balaban J connectivity index is 0. The van der Waals surface area contributed by atoms with Crippen LogP contribution < -0.4 is 0 Å². The third-order valence-corrected chi connectivity index (χ3v) is 1.43. The van der Waals surface area contributed by atoms with E-state index in [2.05, 4.69) is 0 Å². The van der Waals surface area contributed by atoms with E-state index in [4.69, 9.17) is 14.2 Å². The van der Waals surface area contributed by atoms with E-state index in [0.29, 0.717) is 19.8 Å². The predicted octanol–water partition coefficient (Wildman–Crippen LogP) is 2.63. The minimum Gasteiger partial charge on any atom is -0.501 e. The molecule has 0 spiro atoms. The van der Waals surface area contributed by atoms with Crippen molar-refractivity contribution in [3.63, 3.8) is 0 Å². The predicted molar refractivity (Wildman–Crippen MR) is 67.0 cm³/mol. The second-order valence-electron chi connectivity index (χ2n) is 2.59. The lowest BCUT2D eigenvalue weighted by atomic mass is 10.3. The Labute approximate surface area is 100 Å². The van der Waals surface area contributed by atoms with Crippen molar-refractivity contribution in [1.82, 2.24) is 0 Å². The highest BCUT2D eigenvalue weighted by Crippen LogP contribution is 2.01. The molecule has 0 bridgehead atoms. The van der Waals surface area contributed by atoms with Crippen molar-refractivity contribution >= 4 is 8.41 Å². The molecule has 0 aliphatic carbocycles. The lowest BCUT2D eigenvalue weighted by molar-refractivity contribution is 0.261. The van der Waals surface area contributed by atoms with Gasteiger partial charge in [0.1, 0.15) is 0 Å². The van der Waals surface area contributed by atoms with E-state index in [9.17, 15) is 0 Å². The van der Waals surface area contributed by atoms with E-state index < -0.39 is 0 Å². The maximum Gasteiger partial charge on any atom is 0.0903 e. The number of rotatable bonds is 8. The first kappa shape index (κ1) is 17.1. The lowest BCUT2D eigenvalue weighted by Crippen LogP contribution is -1.84. The highest BCUT2D eigenvalue weighted by molar-refractivity contribution is 5.75. The molecular formula is C12H20BO3. The second kappa shape index (κ2) is 13.7. The zero-order valence-electron chi connectivity index (χ0n) is 10.3. The Bertz CT molecular complexity index is 204. The molecule has 0 unspecified atom stereocenters. The Hall–Kier alpha value is -1.32. The normalized spacial score (nSPS) is 9.94. The van der Waals surface area contributed by atoms with E-state index >= 15 is 0 Å². The van der Waals surface area contributed by atoms with Crippen LogP contribution in [0, 0.1) is 0 Å². The Kier molecular flexibility index (Phi) is 14.6. The van der Waals surface area contributed by atoms with E-state index in [-0.39, 0.29) is 8.41 Å². The van der Waals surface area contributed by atoms with Crippen molar-refractivity contribution in [2.75, 3.05) is 19.8 Å². The quantitative estimate of drug-likeness (QED) is 0.359. The van der Waals surface area contributed by atoms with E-state index in [1.807, 2.05) is 32.9 Å². The van der Waals surface area contributed by atoms with Gasteiger partial charge in [-0.25, -0.2) is 0 Å². The van der Waals surface area contributed by atoms with Gasteiger partial charge in [-0.1, -0.05) is 0 Å². The van der Waals surface area contributed by atoms with Crippen molar-refractivity contribution in [2.24, 2.45) is 0 Å². The van der Waals surface area contributed by atoms with Gasteiger partial charge >= 0.3 is 0 Å². The molecular weight excluding hydrogens is 203 g/mol. The van der Waals surface area contributed by atoms with Gasteiger partial charge in [0.15, 0.2) is 0 Å². The van der Waals surface area contributed by atoms with Gasteiger partial charge < -0.3 is 14.2 Å². The molecule has 0 rings (SSSR count). The Morgan fingerprint density at radius 3 is 1.62 bits per heavy atom. The van der Waals surface area contributed by atoms with Crippen molar-refractivity contribution in [3.05, 3.63) is 36.5 Å². The molecule has 0 saturated heterocycles. The highest BCUT2D eigenvalue weighted by Gasteiger charge is 1.87. The molecule has 0 N–H and O–H groups in total. The fraction of sp³-hybridized carbons (Fsp3) is 0.500. The number of ether oxygens (including phenoxy) is 3. The first-order valence-corrected chi connectivity index (χ1v) is 5.23. The molecule has 0 atom stereocenters. The van der Waals surface area contributed by atoms with Crippen molar-refractivity contribution in [2.45, 2.75) is 20.8 Å². The molecule has 0 aromatic heterocycles. The van der Waals surface area contributed by atoms with Crippen LogP contribution in [0.15, 0.2) is 36.5 Å². The van der Waals surface area contributed by atoms with E-state index in [1.165, 1.54) is 0 Å². The largest absolute Gasteiger partial charge is 0.501 e. The maximum atomic E-state index is 5.18. The molecule has 0 fully saturated rings. The van der Waals surface area contributed by atoms with Gasteiger partial charge in [-0.2, -0.15) is 0 Å². The molecule has 4 heteroatoms. The van der Waals surface area contributed by atoms with Gasteiger partial charge in [-0.05, 0) is 32.9 Å². The molecule has 0 aromatic rings. The minimum atomic E-state index is 0. The molecule has 0 aromatic carbocycles. The molecule has 16 heavy (non-hydrogen) atoms. The van der Waals surface area contributed by atoms with Crippen LogP contribution in [0.5, 0.6) is 0 Å². The standard InChI is InChI=1S/C12H20O3.B/c1-4-13-9-7-12(11-15-6-3)8-10-14-5-2;/h7-11H,4-6H2,1-3H3;. The summed E-state index contributed by atoms with van der Waals surface area (Å²) in [6.45, 7) is 7.78. The summed E-state index contributed by atoms with van der Waals surface area (Å²) in [6, 6.07) is 0. The van der Waals surface area contributed by atoms with Gasteiger partial charge in [-0.3, -0.25) is 0 Å². The summed E-state index contributed by atoms with van der Waals surface area (Å²) in [4.78, 5) is 0. The molecule has 0 aliphatic rings. The van der Waals surface area contributed by atoms with Crippen LogP contribution in [0.2, 0.25) is 0 Å². The van der Waals surface area contributed by atoms with Crippen molar-refractivity contribution in [1.29, 1.82) is 0 Å². The summed E-state index contributed by atoms with van der Waals surface area (Å²) < 4.78 is 15.4. The van der Waals surface area contributed by atoms with E-state index in [1.54, 1.807) is 18.8 Å². The fourth-order valence-corrected chi connectivity index (χ4v) is 0.759. The van der Waals surface area contributed by atoms with Gasteiger partial charge in [0.05, 0.1) is 38.6 Å². The summed E-state index contributed by atoms with van der Waals surface area (Å²) in [5.74, 6) is 0. The van der Waals surface area contributed by atoms with E-state index in [0.717, 1.165) is 5.57 Å². The Morgan fingerprint density at radius 2 is 1.25 bits per heavy atom. The van der Waals surface area contributed by atoms with Crippen LogP contribution in [-0.2, 0) is 14.2 Å². The molecule has 3 radical (unpaired) electrons. The summed E-state index contributed by atoms with van der Waals surface area (Å²) in [5, 5.41) is 0. The van der Waals surface area contributed by atoms with Gasteiger partial charge in [0, 0.05) is 14.0 Å². The third-order valence-electron chi connectivity index (χ3n) is 1.43. The minimum absolute atomic E-state index is 0. The maximum absolute atomic E-state index is 5.18. The van der Waals surface area contributed by atoms with Gasteiger partial charge in [0.25, 0.3) is 0 Å². The smallest absolute Gasteiger partial charge is 0.0903 e. The number of allylic oxidation sites excluding steroid dienone is 3. The zero-order chi connectivity index (χ0) is 11.4. The van der Waals surface area contributed by atoms with Crippen molar-refractivity contribution in [3.8, 4) is 0 Å². The zero-order valence-corrected chi connectivity index (χ0v) is 10.3. The topological polar surface area (TPSA) is 27.7 Å². The third kappa shape index (κ3) is 10.8.